The first-order chi connectivity index (χ1) is 9.27. The Balaban J connectivity index is 2.97. The summed E-state index contributed by atoms with van der Waals surface area (Å²) in [6.07, 6.45) is 0. The Morgan fingerprint density at radius 2 is 1.95 bits per heavy atom. The number of nitrogens with one attached hydrogen (secondary N) is 1. The number of sulfonamides is 1. The van der Waals surface area contributed by atoms with Gasteiger partial charge in [-0.1, -0.05) is 29.8 Å². The summed E-state index contributed by atoms with van der Waals surface area (Å²) in [6.45, 7) is 6.73. The van der Waals surface area contributed by atoms with Gasteiger partial charge in [-0.05, 0) is 47.0 Å². The standard InChI is InChI=1S/C13H19Br2NO3S/c1-4-19-8-12(9(2)3)16-20(17,18)13-6-5-10(14)7-11(13)15/h5-7,9,12,16H,4,8H2,1-3H3. The monoisotopic (exact) mass is 427 g/mol. The fourth-order valence-electron chi connectivity index (χ4n) is 1.56. The highest BCUT2D eigenvalue weighted by Gasteiger charge is 2.24. The van der Waals surface area contributed by atoms with Crippen LogP contribution in [0.3, 0.4) is 0 Å². The molecule has 0 amide bonds. The molecule has 1 unspecified atom stereocenters. The molecule has 0 radical (unpaired) electrons. The lowest BCUT2D eigenvalue weighted by Crippen LogP contribution is -2.41. The van der Waals surface area contributed by atoms with Gasteiger partial charge in [0.2, 0.25) is 10.0 Å². The fraction of sp³-hybridized carbons (Fsp3) is 0.538. The van der Waals surface area contributed by atoms with Crippen molar-refractivity contribution < 1.29 is 13.2 Å². The van der Waals surface area contributed by atoms with Crippen molar-refractivity contribution in [2.75, 3.05) is 13.2 Å². The van der Waals surface area contributed by atoms with Crippen LogP contribution in [-0.2, 0) is 14.8 Å². The van der Waals surface area contributed by atoms with Crippen LogP contribution in [0.1, 0.15) is 20.8 Å². The summed E-state index contributed by atoms with van der Waals surface area (Å²) in [5, 5.41) is 0. The van der Waals surface area contributed by atoms with Crippen LogP contribution < -0.4 is 4.72 Å². The second kappa shape index (κ2) is 7.89. The Bertz CT molecular complexity index is 547. The molecule has 0 saturated carbocycles. The lowest BCUT2D eigenvalue weighted by atomic mass is 10.1. The first-order valence-electron chi connectivity index (χ1n) is 6.33. The Morgan fingerprint density at radius 1 is 1.30 bits per heavy atom. The van der Waals surface area contributed by atoms with Crippen molar-refractivity contribution in [2.45, 2.75) is 31.7 Å². The number of hydrogen-bond donors (Lipinski definition) is 1. The molecule has 1 aromatic rings. The molecule has 0 spiro atoms. The fourth-order valence-corrected chi connectivity index (χ4v) is 4.68. The number of rotatable bonds is 7. The van der Waals surface area contributed by atoms with Crippen LogP contribution >= 0.6 is 31.9 Å². The van der Waals surface area contributed by atoms with Crippen molar-refractivity contribution in [3.05, 3.63) is 27.1 Å². The van der Waals surface area contributed by atoms with E-state index in [2.05, 4.69) is 36.6 Å². The van der Waals surface area contributed by atoms with Crippen molar-refractivity contribution >= 4 is 41.9 Å². The number of ether oxygens (including phenoxy) is 1. The van der Waals surface area contributed by atoms with Crippen LogP contribution in [0.4, 0.5) is 0 Å². The largest absolute Gasteiger partial charge is 0.380 e. The topological polar surface area (TPSA) is 55.4 Å². The van der Waals surface area contributed by atoms with Gasteiger partial charge < -0.3 is 4.74 Å². The molecular weight excluding hydrogens is 410 g/mol. The van der Waals surface area contributed by atoms with Gasteiger partial charge in [0.25, 0.3) is 0 Å². The average Bonchev–Trinajstić information content (AvgIpc) is 2.33. The average molecular weight is 429 g/mol. The van der Waals surface area contributed by atoms with E-state index in [4.69, 9.17) is 4.74 Å². The maximum atomic E-state index is 12.4. The van der Waals surface area contributed by atoms with Crippen LogP contribution in [0.5, 0.6) is 0 Å². The van der Waals surface area contributed by atoms with Crippen LogP contribution in [-0.4, -0.2) is 27.7 Å². The molecule has 114 valence electrons. The molecule has 0 aliphatic heterocycles. The minimum atomic E-state index is -3.58. The zero-order valence-electron chi connectivity index (χ0n) is 11.7. The van der Waals surface area contributed by atoms with Gasteiger partial charge >= 0.3 is 0 Å². The van der Waals surface area contributed by atoms with E-state index < -0.39 is 10.0 Å². The minimum Gasteiger partial charge on any atom is -0.380 e. The van der Waals surface area contributed by atoms with Gasteiger partial charge in [0.15, 0.2) is 0 Å². The van der Waals surface area contributed by atoms with Crippen molar-refractivity contribution in [3.63, 3.8) is 0 Å². The lowest BCUT2D eigenvalue weighted by molar-refractivity contribution is 0.116. The smallest absolute Gasteiger partial charge is 0.242 e. The molecule has 1 rings (SSSR count). The highest BCUT2D eigenvalue weighted by Crippen LogP contribution is 2.26. The quantitative estimate of drug-likeness (QED) is 0.722. The van der Waals surface area contributed by atoms with Crippen LogP contribution in [0, 0.1) is 5.92 Å². The minimum absolute atomic E-state index is 0.144. The molecule has 1 aromatic carbocycles. The van der Waals surface area contributed by atoms with Crippen molar-refractivity contribution in [1.82, 2.24) is 4.72 Å². The third-order valence-corrected chi connectivity index (χ3v) is 5.76. The molecule has 0 bridgehead atoms. The lowest BCUT2D eigenvalue weighted by Gasteiger charge is -2.22. The third-order valence-electron chi connectivity index (χ3n) is 2.80. The first kappa shape index (κ1) is 18.1. The van der Waals surface area contributed by atoms with E-state index in [1.807, 2.05) is 20.8 Å². The normalized spacial score (nSPS) is 13.7. The van der Waals surface area contributed by atoms with Crippen LogP contribution in [0.25, 0.3) is 0 Å². The summed E-state index contributed by atoms with van der Waals surface area (Å²) in [7, 11) is -3.58. The highest BCUT2D eigenvalue weighted by atomic mass is 79.9. The molecule has 1 atom stereocenters. The number of benzene rings is 1. The van der Waals surface area contributed by atoms with E-state index >= 15 is 0 Å². The predicted molar refractivity (Wildman–Crippen MR) is 87.3 cm³/mol. The second-order valence-electron chi connectivity index (χ2n) is 4.71. The molecule has 4 nitrogen and oxygen atoms in total. The molecule has 0 aliphatic carbocycles. The van der Waals surface area contributed by atoms with E-state index in [1.54, 1.807) is 18.2 Å². The van der Waals surface area contributed by atoms with Crippen molar-refractivity contribution in [1.29, 1.82) is 0 Å². The first-order valence-corrected chi connectivity index (χ1v) is 9.40. The third kappa shape index (κ3) is 5.11. The zero-order chi connectivity index (χ0) is 15.3. The second-order valence-corrected chi connectivity index (χ2v) is 8.16. The molecule has 0 saturated heterocycles. The van der Waals surface area contributed by atoms with Crippen LogP contribution in [0.15, 0.2) is 32.0 Å². The molecule has 7 heteroatoms. The molecular formula is C13H19Br2NO3S. The summed E-state index contributed by atoms with van der Waals surface area (Å²) in [6, 6.07) is 4.72. The maximum absolute atomic E-state index is 12.4. The Kier molecular flexibility index (Phi) is 7.14. The summed E-state index contributed by atoms with van der Waals surface area (Å²) in [5.74, 6) is 0.144. The molecule has 0 aromatic heterocycles. The van der Waals surface area contributed by atoms with E-state index in [0.29, 0.717) is 17.7 Å². The molecule has 20 heavy (non-hydrogen) atoms. The maximum Gasteiger partial charge on any atom is 0.242 e. The van der Waals surface area contributed by atoms with Gasteiger partial charge in [-0.25, -0.2) is 13.1 Å². The molecule has 0 aliphatic rings. The van der Waals surface area contributed by atoms with Crippen molar-refractivity contribution in [3.8, 4) is 0 Å². The summed E-state index contributed by atoms with van der Waals surface area (Å²) >= 11 is 6.59. The predicted octanol–water partition coefficient (Wildman–Crippen LogP) is 3.55. The van der Waals surface area contributed by atoms with E-state index in [1.165, 1.54) is 0 Å². The Morgan fingerprint density at radius 3 is 2.45 bits per heavy atom. The summed E-state index contributed by atoms with van der Waals surface area (Å²) in [5.41, 5.74) is 0. The van der Waals surface area contributed by atoms with E-state index in [-0.39, 0.29) is 16.9 Å². The Hall–Kier alpha value is 0.0500. The highest BCUT2D eigenvalue weighted by molar-refractivity contribution is 9.11. The molecule has 1 N–H and O–H groups in total. The van der Waals surface area contributed by atoms with Gasteiger partial charge in [-0.15, -0.1) is 0 Å². The SMILES string of the molecule is CCOCC(NS(=O)(=O)c1ccc(Br)cc1Br)C(C)C. The molecule has 0 heterocycles. The van der Waals surface area contributed by atoms with E-state index in [0.717, 1.165) is 4.47 Å². The molecule has 0 fully saturated rings. The zero-order valence-corrected chi connectivity index (χ0v) is 15.7. The van der Waals surface area contributed by atoms with Gasteiger partial charge in [0.1, 0.15) is 0 Å². The van der Waals surface area contributed by atoms with Gasteiger partial charge in [-0.3, -0.25) is 0 Å². The van der Waals surface area contributed by atoms with Gasteiger partial charge in [0.05, 0.1) is 11.5 Å². The van der Waals surface area contributed by atoms with Gasteiger partial charge in [0, 0.05) is 21.6 Å². The number of halogens is 2. The van der Waals surface area contributed by atoms with Crippen LogP contribution in [0.2, 0.25) is 0 Å². The van der Waals surface area contributed by atoms with Gasteiger partial charge in [-0.2, -0.15) is 0 Å². The Labute approximate surface area is 137 Å². The summed E-state index contributed by atoms with van der Waals surface area (Å²) < 4.78 is 34.3. The summed E-state index contributed by atoms with van der Waals surface area (Å²) in [4.78, 5) is 0.225. The van der Waals surface area contributed by atoms with Crippen molar-refractivity contribution in [2.24, 2.45) is 5.92 Å². The van der Waals surface area contributed by atoms with E-state index in [9.17, 15) is 8.42 Å². The number of hydrogen-bond acceptors (Lipinski definition) is 3.